The molecule has 4 rings (SSSR count). The van der Waals surface area contributed by atoms with E-state index < -0.39 is 0 Å². The molecule has 6 nitrogen and oxygen atoms in total. The average molecular weight is 394 g/mol. The van der Waals surface area contributed by atoms with Crippen molar-refractivity contribution in [1.29, 1.82) is 0 Å². The lowest BCUT2D eigenvalue weighted by molar-refractivity contribution is 0.102. The number of anilines is 1. The lowest BCUT2D eigenvalue weighted by Gasteiger charge is -2.12. The number of rotatable bonds is 4. The molecule has 1 N–H and O–H groups in total. The normalized spacial score (nSPS) is 10.8. The van der Waals surface area contributed by atoms with Gasteiger partial charge >= 0.3 is 0 Å². The molecular weight excluding hydrogens is 378 g/mol. The quantitative estimate of drug-likeness (QED) is 0.521. The van der Waals surface area contributed by atoms with Crippen molar-refractivity contribution >= 4 is 34.4 Å². The average Bonchev–Trinajstić information content (AvgIpc) is 3.13. The molecule has 0 fully saturated rings. The minimum atomic E-state index is -0.284. The number of ether oxygens (including phenoxy) is 1. The summed E-state index contributed by atoms with van der Waals surface area (Å²) in [4.78, 5) is 21.3. The van der Waals surface area contributed by atoms with Crippen molar-refractivity contribution in [2.45, 2.75) is 6.92 Å². The Labute approximate surface area is 166 Å². The highest BCUT2D eigenvalue weighted by molar-refractivity contribution is 6.33. The highest BCUT2D eigenvalue weighted by Crippen LogP contribution is 2.32. The molecular formula is C21H16ClN3O3. The van der Waals surface area contributed by atoms with E-state index in [0.717, 1.165) is 5.56 Å². The third-order valence-corrected chi connectivity index (χ3v) is 4.61. The van der Waals surface area contributed by atoms with E-state index in [1.807, 2.05) is 19.1 Å². The first-order valence-corrected chi connectivity index (χ1v) is 8.91. The highest BCUT2D eigenvalue weighted by Gasteiger charge is 2.17. The van der Waals surface area contributed by atoms with Crippen LogP contribution < -0.4 is 10.1 Å². The van der Waals surface area contributed by atoms with Gasteiger partial charge in [-0.2, -0.15) is 4.98 Å². The van der Waals surface area contributed by atoms with E-state index in [9.17, 15) is 4.79 Å². The molecule has 0 aliphatic rings. The number of oxazole rings is 1. The van der Waals surface area contributed by atoms with Crippen LogP contribution in [0, 0.1) is 6.92 Å². The summed E-state index contributed by atoms with van der Waals surface area (Å²) in [6.45, 7) is 1.89. The molecule has 140 valence electrons. The standard InChI is InChI=1S/C21H16ClN3O3/c1-12-5-3-6-14(18(12)27-2)20(26)24-13-8-9-16(22)15(11-13)21-25-19-17(28-21)7-4-10-23-19/h3-11H,1-2H3,(H,24,26). The summed E-state index contributed by atoms with van der Waals surface area (Å²) in [6, 6.07) is 14.1. The molecule has 0 radical (unpaired) electrons. The summed E-state index contributed by atoms with van der Waals surface area (Å²) in [7, 11) is 1.54. The molecule has 0 unspecified atom stereocenters. The molecule has 2 aromatic carbocycles. The zero-order valence-corrected chi connectivity index (χ0v) is 15.9. The van der Waals surface area contributed by atoms with Crippen molar-refractivity contribution in [3.8, 4) is 17.2 Å². The predicted molar refractivity (Wildman–Crippen MR) is 108 cm³/mol. The van der Waals surface area contributed by atoms with Gasteiger partial charge in [0.2, 0.25) is 5.89 Å². The predicted octanol–water partition coefficient (Wildman–Crippen LogP) is 5.11. The molecule has 0 bridgehead atoms. The number of hydrogen-bond acceptors (Lipinski definition) is 5. The number of pyridine rings is 1. The summed E-state index contributed by atoms with van der Waals surface area (Å²) < 4.78 is 11.1. The van der Waals surface area contributed by atoms with Crippen LogP contribution in [-0.4, -0.2) is 23.0 Å². The number of carbonyl (C=O) groups excluding carboxylic acids is 1. The van der Waals surface area contributed by atoms with Gasteiger partial charge in [0.15, 0.2) is 11.2 Å². The minimum absolute atomic E-state index is 0.284. The number of nitrogens with zero attached hydrogens (tertiary/aromatic N) is 2. The van der Waals surface area contributed by atoms with Gasteiger partial charge in [0.1, 0.15) is 5.75 Å². The first-order chi connectivity index (χ1) is 13.6. The summed E-state index contributed by atoms with van der Waals surface area (Å²) in [5.74, 6) is 0.593. The van der Waals surface area contributed by atoms with Crippen LogP contribution in [0.5, 0.6) is 5.75 Å². The Morgan fingerprint density at radius 1 is 1.18 bits per heavy atom. The molecule has 2 heterocycles. The van der Waals surface area contributed by atoms with Crippen molar-refractivity contribution in [2.75, 3.05) is 12.4 Å². The molecule has 4 aromatic rings. The summed E-state index contributed by atoms with van der Waals surface area (Å²) >= 11 is 6.33. The molecule has 28 heavy (non-hydrogen) atoms. The maximum Gasteiger partial charge on any atom is 0.259 e. The minimum Gasteiger partial charge on any atom is -0.496 e. The van der Waals surface area contributed by atoms with Crippen molar-refractivity contribution in [3.63, 3.8) is 0 Å². The fourth-order valence-corrected chi connectivity index (χ4v) is 3.15. The second kappa shape index (κ2) is 7.32. The van der Waals surface area contributed by atoms with Gasteiger partial charge in [-0.3, -0.25) is 4.79 Å². The number of fused-ring (bicyclic) bond motifs is 1. The van der Waals surface area contributed by atoms with E-state index in [1.54, 1.807) is 49.7 Å². The maximum absolute atomic E-state index is 12.7. The summed E-state index contributed by atoms with van der Waals surface area (Å²) in [5.41, 5.74) is 3.51. The molecule has 0 aliphatic heterocycles. The number of para-hydroxylation sites is 1. The van der Waals surface area contributed by atoms with E-state index in [0.29, 0.717) is 44.7 Å². The van der Waals surface area contributed by atoms with E-state index in [1.165, 1.54) is 0 Å². The Hall–Kier alpha value is -3.38. The Morgan fingerprint density at radius 2 is 2.04 bits per heavy atom. The molecule has 0 aliphatic carbocycles. The zero-order chi connectivity index (χ0) is 19.7. The number of carbonyl (C=O) groups is 1. The summed E-state index contributed by atoms with van der Waals surface area (Å²) in [6.07, 6.45) is 1.64. The number of aromatic nitrogens is 2. The largest absolute Gasteiger partial charge is 0.496 e. The van der Waals surface area contributed by atoms with Crippen molar-refractivity contribution in [2.24, 2.45) is 0 Å². The zero-order valence-electron chi connectivity index (χ0n) is 15.2. The smallest absolute Gasteiger partial charge is 0.259 e. The van der Waals surface area contributed by atoms with Crippen LogP contribution in [0.1, 0.15) is 15.9 Å². The lowest BCUT2D eigenvalue weighted by atomic mass is 10.1. The van der Waals surface area contributed by atoms with Gasteiger partial charge in [0, 0.05) is 11.9 Å². The highest BCUT2D eigenvalue weighted by atomic mass is 35.5. The molecule has 1 amide bonds. The van der Waals surface area contributed by atoms with E-state index in [-0.39, 0.29) is 5.91 Å². The third kappa shape index (κ3) is 3.30. The van der Waals surface area contributed by atoms with Crippen LogP contribution in [0.2, 0.25) is 5.02 Å². The molecule has 0 atom stereocenters. The Bertz CT molecular complexity index is 1150. The van der Waals surface area contributed by atoms with Gasteiger partial charge in [-0.15, -0.1) is 0 Å². The molecule has 0 saturated carbocycles. The molecule has 2 aromatic heterocycles. The number of halogens is 1. The van der Waals surface area contributed by atoms with Gasteiger partial charge in [0.05, 0.1) is 23.3 Å². The Balaban J connectivity index is 1.68. The van der Waals surface area contributed by atoms with Crippen molar-refractivity contribution in [3.05, 3.63) is 70.9 Å². The first kappa shape index (κ1) is 18.0. The van der Waals surface area contributed by atoms with E-state index in [4.69, 9.17) is 20.8 Å². The van der Waals surface area contributed by atoms with Gasteiger partial charge in [0.25, 0.3) is 5.91 Å². The number of amides is 1. The number of aryl methyl sites for hydroxylation is 1. The second-order valence-electron chi connectivity index (χ2n) is 6.15. The van der Waals surface area contributed by atoms with Crippen LogP contribution in [0.25, 0.3) is 22.7 Å². The number of benzene rings is 2. The number of nitrogens with one attached hydrogen (secondary N) is 1. The van der Waals surface area contributed by atoms with Crippen LogP contribution >= 0.6 is 11.6 Å². The Kier molecular flexibility index (Phi) is 4.71. The maximum atomic E-state index is 12.7. The number of methoxy groups -OCH3 is 1. The van der Waals surface area contributed by atoms with Gasteiger partial charge in [-0.05, 0) is 48.9 Å². The fraction of sp³-hybridized carbons (Fsp3) is 0.0952. The van der Waals surface area contributed by atoms with Crippen LogP contribution in [0.15, 0.2) is 59.1 Å². The lowest BCUT2D eigenvalue weighted by Crippen LogP contribution is -2.13. The molecule has 0 saturated heterocycles. The van der Waals surface area contributed by atoms with Gasteiger partial charge in [-0.1, -0.05) is 23.7 Å². The van der Waals surface area contributed by atoms with Crippen LogP contribution in [0.4, 0.5) is 5.69 Å². The van der Waals surface area contributed by atoms with Crippen LogP contribution in [0.3, 0.4) is 0 Å². The Morgan fingerprint density at radius 3 is 2.82 bits per heavy atom. The fourth-order valence-electron chi connectivity index (χ4n) is 2.95. The summed E-state index contributed by atoms with van der Waals surface area (Å²) in [5, 5.41) is 3.32. The third-order valence-electron chi connectivity index (χ3n) is 4.28. The SMILES string of the molecule is COc1c(C)cccc1C(=O)Nc1ccc(Cl)c(-c2nc3ncccc3o2)c1. The second-order valence-corrected chi connectivity index (χ2v) is 6.56. The van der Waals surface area contributed by atoms with Crippen molar-refractivity contribution < 1.29 is 13.9 Å². The molecule has 0 spiro atoms. The van der Waals surface area contributed by atoms with Crippen molar-refractivity contribution in [1.82, 2.24) is 9.97 Å². The van der Waals surface area contributed by atoms with Gasteiger partial charge < -0.3 is 14.5 Å². The monoisotopic (exact) mass is 393 g/mol. The first-order valence-electron chi connectivity index (χ1n) is 8.53. The number of hydrogen-bond donors (Lipinski definition) is 1. The topological polar surface area (TPSA) is 77.2 Å². The van der Waals surface area contributed by atoms with Crippen LogP contribution in [-0.2, 0) is 0 Å². The van der Waals surface area contributed by atoms with Gasteiger partial charge in [-0.25, -0.2) is 4.98 Å². The molecule has 7 heteroatoms. The van der Waals surface area contributed by atoms with E-state index >= 15 is 0 Å². The van der Waals surface area contributed by atoms with E-state index in [2.05, 4.69) is 15.3 Å².